The maximum Gasteiger partial charge on any atom is 0.341 e. The summed E-state index contributed by atoms with van der Waals surface area (Å²) >= 11 is 9.36. The van der Waals surface area contributed by atoms with Gasteiger partial charge in [-0.05, 0) is 36.4 Å². The van der Waals surface area contributed by atoms with Crippen LogP contribution in [0.5, 0.6) is 11.5 Å². The summed E-state index contributed by atoms with van der Waals surface area (Å²) in [5.41, 5.74) is 0.259. The number of benzene rings is 2. The van der Waals surface area contributed by atoms with Crippen molar-refractivity contribution in [2.75, 3.05) is 13.2 Å². The Bertz CT molecular complexity index is 866. The molecule has 7 nitrogen and oxygen atoms in total. The van der Waals surface area contributed by atoms with E-state index < -0.39 is 30.9 Å². The maximum atomic E-state index is 12.8. The summed E-state index contributed by atoms with van der Waals surface area (Å²) in [6.45, 7) is -1.14. The zero-order valence-corrected chi connectivity index (χ0v) is 15.4. The van der Waals surface area contributed by atoms with E-state index in [9.17, 15) is 14.4 Å². The van der Waals surface area contributed by atoms with Gasteiger partial charge in [0.15, 0.2) is 19.0 Å². The smallest absolute Gasteiger partial charge is 0.341 e. The summed E-state index contributed by atoms with van der Waals surface area (Å²) in [4.78, 5) is 34.0. The number of halogens is 2. The number of carboxylic acids is 2. The molecule has 2 rings (SSSR count). The maximum absolute atomic E-state index is 12.8. The normalized spacial score (nSPS) is 10.2. The van der Waals surface area contributed by atoms with E-state index in [1.54, 1.807) is 6.07 Å². The molecule has 0 saturated carbocycles. The van der Waals surface area contributed by atoms with Gasteiger partial charge in [-0.25, -0.2) is 9.59 Å². The zero-order chi connectivity index (χ0) is 19.3. The van der Waals surface area contributed by atoms with Crippen LogP contribution in [-0.4, -0.2) is 41.1 Å². The van der Waals surface area contributed by atoms with E-state index in [0.717, 1.165) is 0 Å². The summed E-state index contributed by atoms with van der Waals surface area (Å²) in [7, 11) is 0. The summed E-state index contributed by atoms with van der Waals surface area (Å²) in [5, 5.41) is 17.4. The fraction of sp³-hybridized carbons (Fsp3) is 0.118. The van der Waals surface area contributed by atoms with E-state index >= 15 is 0 Å². The third-order valence-corrected chi connectivity index (χ3v) is 3.89. The molecule has 0 spiro atoms. The van der Waals surface area contributed by atoms with Gasteiger partial charge in [-0.2, -0.15) is 0 Å². The van der Waals surface area contributed by atoms with E-state index in [1.165, 1.54) is 30.3 Å². The van der Waals surface area contributed by atoms with Gasteiger partial charge in [-0.1, -0.05) is 27.5 Å². The standard InChI is InChI=1S/C17H12BrClO7/c18-9-1-4-14(26-8-16(22)23)12(5-9)17(24)11-3-2-10(6-13(11)19)25-7-15(20)21/h1-6H,7-8H2,(H,20,21)(H,22,23). The minimum atomic E-state index is -1.18. The quantitative estimate of drug-likeness (QED) is 0.603. The van der Waals surface area contributed by atoms with Crippen molar-refractivity contribution in [3.05, 3.63) is 57.0 Å². The Morgan fingerprint density at radius 3 is 2.19 bits per heavy atom. The van der Waals surface area contributed by atoms with Crippen LogP contribution in [0.25, 0.3) is 0 Å². The van der Waals surface area contributed by atoms with Crippen molar-refractivity contribution in [1.29, 1.82) is 0 Å². The summed E-state index contributed by atoms with van der Waals surface area (Å²) in [5.74, 6) is -2.50. The lowest BCUT2D eigenvalue weighted by Crippen LogP contribution is -2.13. The Kier molecular flexibility index (Phi) is 6.59. The van der Waals surface area contributed by atoms with Gasteiger partial charge in [-0.3, -0.25) is 4.79 Å². The highest BCUT2D eigenvalue weighted by Gasteiger charge is 2.19. The largest absolute Gasteiger partial charge is 0.482 e. The summed E-state index contributed by atoms with van der Waals surface area (Å²) in [6.07, 6.45) is 0. The topological polar surface area (TPSA) is 110 Å². The predicted octanol–water partition coefficient (Wildman–Crippen LogP) is 3.26. The van der Waals surface area contributed by atoms with Crippen LogP contribution >= 0.6 is 27.5 Å². The minimum absolute atomic E-state index is 0.0575. The number of aliphatic carboxylic acids is 2. The molecule has 2 aromatic carbocycles. The Morgan fingerprint density at radius 1 is 0.923 bits per heavy atom. The van der Waals surface area contributed by atoms with Gasteiger partial charge in [0.1, 0.15) is 11.5 Å². The Morgan fingerprint density at radius 2 is 1.58 bits per heavy atom. The lowest BCUT2D eigenvalue weighted by molar-refractivity contribution is -0.140. The first kappa shape index (κ1) is 19.7. The number of hydrogen-bond donors (Lipinski definition) is 2. The first-order valence-corrected chi connectivity index (χ1v) is 8.28. The monoisotopic (exact) mass is 442 g/mol. The number of ether oxygens (including phenoxy) is 2. The molecule has 26 heavy (non-hydrogen) atoms. The van der Waals surface area contributed by atoms with Crippen LogP contribution in [0, 0.1) is 0 Å². The van der Waals surface area contributed by atoms with Gasteiger partial charge < -0.3 is 19.7 Å². The number of carbonyl (C=O) groups is 3. The van der Waals surface area contributed by atoms with Gasteiger partial charge in [0.05, 0.1) is 10.6 Å². The van der Waals surface area contributed by atoms with E-state index in [0.29, 0.717) is 4.47 Å². The van der Waals surface area contributed by atoms with Crippen molar-refractivity contribution in [3.63, 3.8) is 0 Å². The highest BCUT2D eigenvalue weighted by Crippen LogP contribution is 2.30. The molecule has 0 aliphatic heterocycles. The minimum Gasteiger partial charge on any atom is -0.482 e. The van der Waals surface area contributed by atoms with Crippen LogP contribution in [0.4, 0.5) is 0 Å². The van der Waals surface area contributed by atoms with Crippen LogP contribution < -0.4 is 9.47 Å². The molecule has 0 heterocycles. The molecule has 0 aliphatic carbocycles. The molecule has 9 heteroatoms. The highest BCUT2D eigenvalue weighted by molar-refractivity contribution is 9.10. The number of carbonyl (C=O) groups excluding carboxylic acids is 1. The van der Waals surface area contributed by atoms with Crippen LogP contribution in [0.3, 0.4) is 0 Å². The third kappa shape index (κ3) is 5.21. The van der Waals surface area contributed by atoms with Crippen molar-refractivity contribution in [2.24, 2.45) is 0 Å². The van der Waals surface area contributed by atoms with Gasteiger partial charge in [0, 0.05) is 10.0 Å². The van der Waals surface area contributed by atoms with Crippen LogP contribution in [-0.2, 0) is 9.59 Å². The lowest BCUT2D eigenvalue weighted by atomic mass is 10.0. The molecular weight excluding hydrogens is 432 g/mol. The number of ketones is 1. The molecular formula is C17H12BrClO7. The first-order valence-electron chi connectivity index (χ1n) is 7.11. The van der Waals surface area contributed by atoms with Crippen molar-refractivity contribution >= 4 is 45.3 Å². The summed E-state index contributed by atoms with van der Waals surface area (Å²) < 4.78 is 10.8. The van der Waals surface area contributed by atoms with E-state index in [4.69, 9.17) is 31.3 Å². The molecule has 0 radical (unpaired) electrons. The highest BCUT2D eigenvalue weighted by atomic mass is 79.9. The van der Waals surface area contributed by atoms with E-state index in [1.807, 2.05) is 0 Å². The van der Waals surface area contributed by atoms with Gasteiger partial charge in [0.25, 0.3) is 0 Å². The molecule has 136 valence electrons. The van der Waals surface area contributed by atoms with Gasteiger partial charge in [0.2, 0.25) is 0 Å². The SMILES string of the molecule is O=C(O)COc1ccc(C(=O)c2cc(Br)ccc2OCC(=O)O)c(Cl)c1. The molecule has 0 aliphatic rings. The van der Waals surface area contributed by atoms with E-state index in [-0.39, 0.29) is 27.6 Å². The third-order valence-electron chi connectivity index (χ3n) is 3.08. The van der Waals surface area contributed by atoms with Crippen LogP contribution in [0.1, 0.15) is 15.9 Å². The second kappa shape index (κ2) is 8.68. The average molecular weight is 444 g/mol. The van der Waals surface area contributed by atoms with Crippen molar-refractivity contribution in [1.82, 2.24) is 0 Å². The second-order valence-electron chi connectivity index (χ2n) is 4.98. The average Bonchev–Trinajstić information content (AvgIpc) is 2.58. The fourth-order valence-electron chi connectivity index (χ4n) is 2.00. The number of carboxylic acid groups (broad SMARTS) is 2. The predicted molar refractivity (Wildman–Crippen MR) is 95.3 cm³/mol. The molecule has 0 fully saturated rings. The first-order chi connectivity index (χ1) is 12.3. The summed E-state index contributed by atoms with van der Waals surface area (Å²) in [6, 6.07) is 8.70. The molecule has 2 aromatic rings. The molecule has 0 amide bonds. The van der Waals surface area contributed by atoms with Gasteiger partial charge >= 0.3 is 11.9 Å². The molecule has 2 N–H and O–H groups in total. The molecule has 0 saturated heterocycles. The van der Waals surface area contributed by atoms with Crippen molar-refractivity contribution < 1.29 is 34.1 Å². The Labute approximate surface area is 161 Å². The molecule has 0 aromatic heterocycles. The Balaban J connectivity index is 2.32. The van der Waals surface area contributed by atoms with Crippen LogP contribution in [0.15, 0.2) is 40.9 Å². The molecule has 0 atom stereocenters. The van der Waals surface area contributed by atoms with Crippen molar-refractivity contribution in [3.8, 4) is 11.5 Å². The second-order valence-corrected chi connectivity index (χ2v) is 6.30. The lowest BCUT2D eigenvalue weighted by Gasteiger charge is -2.12. The fourth-order valence-corrected chi connectivity index (χ4v) is 2.62. The molecule has 0 bridgehead atoms. The van der Waals surface area contributed by atoms with Gasteiger partial charge in [-0.15, -0.1) is 0 Å². The number of rotatable bonds is 8. The van der Waals surface area contributed by atoms with Crippen molar-refractivity contribution in [2.45, 2.75) is 0 Å². The molecule has 0 unspecified atom stereocenters. The Hall–Kier alpha value is -2.58. The number of hydrogen-bond acceptors (Lipinski definition) is 5. The van der Waals surface area contributed by atoms with Crippen LogP contribution in [0.2, 0.25) is 5.02 Å². The zero-order valence-electron chi connectivity index (χ0n) is 13.1. The van der Waals surface area contributed by atoms with E-state index in [2.05, 4.69) is 15.9 Å².